The van der Waals surface area contributed by atoms with Crippen molar-refractivity contribution in [3.63, 3.8) is 0 Å². The number of hydrogen-bond donors (Lipinski definition) is 1. The molecule has 0 radical (unpaired) electrons. The van der Waals surface area contributed by atoms with Crippen molar-refractivity contribution in [2.75, 3.05) is 5.32 Å². The molecule has 156 valence electrons. The van der Waals surface area contributed by atoms with Gasteiger partial charge in [-0.1, -0.05) is 6.07 Å². The summed E-state index contributed by atoms with van der Waals surface area (Å²) in [7, 11) is 1.75. The molecule has 0 fully saturated rings. The normalized spacial score (nSPS) is 10.7. The van der Waals surface area contributed by atoms with E-state index in [1.165, 1.54) is 12.1 Å². The second-order valence-electron chi connectivity index (χ2n) is 7.40. The fourth-order valence-corrected chi connectivity index (χ4v) is 3.35. The van der Waals surface area contributed by atoms with E-state index in [2.05, 4.69) is 10.4 Å². The number of rotatable bonds is 5. The summed E-state index contributed by atoms with van der Waals surface area (Å²) in [4.78, 5) is 23.7. The highest BCUT2D eigenvalue weighted by atomic mass is 16.6. The molecular weight excluding hydrogens is 384 g/mol. The van der Waals surface area contributed by atoms with Crippen molar-refractivity contribution in [2.45, 2.75) is 34.6 Å². The molecule has 8 heteroatoms. The van der Waals surface area contributed by atoms with Gasteiger partial charge >= 0.3 is 0 Å². The van der Waals surface area contributed by atoms with E-state index in [-0.39, 0.29) is 23.0 Å². The largest absolute Gasteiger partial charge is 0.457 e. The maximum atomic E-state index is 12.8. The van der Waals surface area contributed by atoms with Crippen LogP contribution in [-0.4, -0.2) is 20.6 Å². The number of nitrogens with zero attached hydrogens (tertiary/aromatic N) is 3. The van der Waals surface area contributed by atoms with Gasteiger partial charge in [0, 0.05) is 24.9 Å². The lowest BCUT2D eigenvalue weighted by molar-refractivity contribution is -0.384. The molecule has 0 aliphatic rings. The van der Waals surface area contributed by atoms with Crippen LogP contribution in [0.2, 0.25) is 0 Å². The first-order valence-electron chi connectivity index (χ1n) is 9.43. The highest BCUT2D eigenvalue weighted by Crippen LogP contribution is 2.33. The minimum absolute atomic E-state index is 0.176. The molecule has 0 unspecified atom stereocenters. The van der Waals surface area contributed by atoms with Gasteiger partial charge in [0.25, 0.3) is 11.6 Å². The van der Waals surface area contributed by atoms with Gasteiger partial charge in [-0.25, -0.2) is 0 Å². The topological polar surface area (TPSA) is 99.3 Å². The fourth-order valence-electron chi connectivity index (χ4n) is 3.35. The number of nitro groups is 1. The van der Waals surface area contributed by atoms with Crippen molar-refractivity contribution < 1.29 is 14.5 Å². The van der Waals surface area contributed by atoms with Crippen LogP contribution in [-0.2, 0) is 7.05 Å². The third kappa shape index (κ3) is 4.17. The van der Waals surface area contributed by atoms with Crippen molar-refractivity contribution >= 4 is 17.3 Å². The molecule has 1 N–H and O–H groups in total. The standard InChI is InChI=1S/C22H24N4O4/c1-12-7-13(2)14(3)20(8-12)30-19-10-17(9-18(11-19)26(28)29)23-22(27)21-15(4)24-25(6)16(21)5/h7-11H,1-6H3,(H,23,27). The maximum Gasteiger partial charge on any atom is 0.275 e. The van der Waals surface area contributed by atoms with Crippen LogP contribution in [0.5, 0.6) is 11.5 Å². The zero-order valence-corrected chi connectivity index (χ0v) is 17.9. The number of nitro benzene ring substituents is 1. The second kappa shape index (κ2) is 7.98. The monoisotopic (exact) mass is 408 g/mol. The molecule has 0 spiro atoms. The van der Waals surface area contributed by atoms with E-state index in [1.807, 2.05) is 32.9 Å². The molecule has 0 aliphatic heterocycles. The van der Waals surface area contributed by atoms with Crippen LogP contribution >= 0.6 is 0 Å². The Bertz CT molecular complexity index is 1160. The Morgan fingerprint density at radius 1 is 1.10 bits per heavy atom. The third-order valence-electron chi connectivity index (χ3n) is 5.09. The highest BCUT2D eigenvalue weighted by Gasteiger charge is 2.19. The number of benzene rings is 2. The van der Waals surface area contributed by atoms with Gasteiger partial charge in [-0.2, -0.15) is 5.10 Å². The van der Waals surface area contributed by atoms with E-state index in [4.69, 9.17) is 4.74 Å². The van der Waals surface area contributed by atoms with Gasteiger partial charge < -0.3 is 10.1 Å². The lowest BCUT2D eigenvalue weighted by Crippen LogP contribution is -2.14. The third-order valence-corrected chi connectivity index (χ3v) is 5.09. The Balaban J connectivity index is 1.97. The van der Waals surface area contributed by atoms with Crippen LogP contribution in [0.25, 0.3) is 0 Å². The van der Waals surface area contributed by atoms with Crippen molar-refractivity contribution in [2.24, 2.45) is 7.05 Å². The van der Waals surface area contributed by atoms with Gasteiger partial charge in [0.05, 0.1) is 27.9 Å². The summed E-state index contributed by atoms with van der Waals surface area (Å²) < 4.78 is 7.59. The summed E-state index contributed by atoms with van der Waals surface area (Å²) in [5.41, 5.74) is 4.85. The van der Waals surface area contributed by atoms with Crippen molar-refractivity contribution in [1.29, 1.82) is 0 Å². The molecule has 8 nitrogen and oxygen atoms in total. The van der Waals surface area contributed by atoms with Crippen LogP contribution in [0.3, 0.4) is 0 Å². The number of amides is 1. The first kappa shape index (κ1) is 21.0. The summed E-state index contributed by atoms with van der Waals surface area (Å²) in [6, 6.07) is 8.14. The summed E-state index contributed by atoms with van der Waals surface area (Å²) in [5.74, 6) is 0.503. The molecule has 0 atom stereocenters. The Kier molecular flexibility index (Phi) is 5.60. The van der Waals surface area contributed by atoms with Crippen LogP contribution in [0.4, 0.5) is 11.4 Å². The quantitative estimate of drug-likeness (QED) is 0.477. The number of non-ortho nitro benzene ring substituents is 1. The molecule has 1 heterocycles. The number of aromatic nitrogens is 2. The van der Waals surface area contributed by atoms with Gasteiger partial charge in [-0.15, -0.1) is 0 Å². The van der Waals surface area contributed by atoms with E-state index in [0.29, 0.717) is 22.7 Å². The second-order valence-corrected chi connectivity index (χ2v) is 7.40. The molecule has 3 rings (SSSR count). The van der Waals surface area contributed by atoms with E-state index >= 15 is 0 Å². The van der Waals surface area contributed by atoms with Crippen molar-refractivity contribution in [1.82, 2.24) is 9.78 Å². The summed E-state index contributed by atoms with van der Waals surface area (Å²) in [5, 5.41) is 18.4. The predicted molar refractivity (Wildman–Crippen MR) is 114 cm³/mol. The van der Waals surface area contributed by atoms with Crippen LogP contribution in [0.15, 0.2) is 30.3 Å². The van der Waals surface area contributed by atoms with E-state index in [1.54, 1.807) is 31.6 Å². The number of ether oxygens (including phenoxy) is 1. The molecule has 0 saturated carbocycles. The Labute approximate surface area is 174 Å². The van der Waals surface area contributed by atoms with Gasteiger partial charge in [-0.05, 0) is 57.4 Å². The number of aryl methyl sites for hydroxylation is 4. The maximum absolute atomic E-state index is 12.8. The van der Waals surface area contributed by atoms with Gasteiger partial charge in [0.1, 0.15) is 11.5 Å². The lowest BCUT2D eigenvalue weighted by atomic mass is 10.1. The minimum atomic E-state index is -0.516. The molecule has 0 saturated heterocycles. The zero-order valence-electron chi connectivity index (χ0n) is 17.9. The molecule has 3 aromatic rings. The zero-order chi connectivity index (χ0) is 22.2. The lowest BCUT2D eigenvalue weighted by Gasteiger charge is -2.13. The van der Waals surface area contributed by atoms with E-state index in [9.17, 15) is 14.9 Å². The molecule has 1 amide bonds. The minimum Gasteiger partial charge on any atom is -0.457 e. The van der Waals surface area contributed by atoms with Gasteiger partial charge in [0.15, 0.2) is 0 Å². The molecule has 1 aromatic heterocycles. The Morgan fingerprint density at radius 3 is 2.40 bits per heavy atom. The molecule has 0 aliphatic carbocycles. The number of carbonyl (C=O) groups is 1. The summed E-state index contributed by atoms with van der Waals surface area (Å²) in [6.07, 6.45) is 0. The first-order chi connectivity index (χ1) is 14.1. The Hall–Kier alpha value is -3.68. The predicted octanol–water partition coefficient (Wildman–Crippen LogP) is 4.92. The summed E-state index contributed by atoms with van der Waals surface area (Å²) in [6.45, 7) is 9.40. The molecule has 0 bridgehead atoms. The van der Waals surface area contributed by atoms with E-state index in [0.717, 1.165) is 16.7 Å². The smallest absolute Gasteiger partial charge is 0.275 e. The number of anilines is 1. The number of carbonyl (C=O) groups excluding carboxylic acids is 1. The number of nitrogens with one attached hydrogen (secondary N) is 1. The van der Waals surface area contributed by atoms with E-state index < -0.39 is 4.92 Å². The van der Waals surface area contributed by atoms with Crippen molar-refractivity contribution in [3.8, 4) is 11.5 Å². The van der Waals surface area contributed by atoms with Crippen molar-refractivity contribution in [3.05, 3.63) is 74.1 Å². The molecule has 30 heavy (non-hydrogen) atoms. The van der Waals surface area contributed by atoms with Crippen LogP contribution < -0.4 is 10.1 Å². The average molecular weight is 408 g/mol. The Morgan fingerprint density at radius 2 is 1.80 bits per heavy atom. The van der Waals surface area contributed by atoms with Crippen LogP contribution in [0, 0.1) is 44.7 Å². The van der Waals surface area contributed by atoms with Crippen LogP contribution in [0.1, 0.15) is 38.4 Å². The summed E-state index contributed by atoms with van der Waals surface area (Å²) >= 11 is 0. The highest BCUT2D eigenvalue weighted by molar-refractivity contribution is 6.06. The SMILES string of the molecule is Cc1cc(C)c(C)c(Oc2cc(NC(=O)c3c(C)nn(C)c3C)cc([N+](=O)[O-])c2)c1. The first-order valence-corrected chi connectivity index (χ1v) is 9.43. The molecule has 2 aromatic carbocycles. The van der Waals surface area contributed by atoms with Gasteiger partial charge in [-0.3, -0.25) is 19.6 Å². The van der Waals surface area contributed by atoms with Gasteiger partial charge in [0.2, 0.25) is 0 Å². The molecular formula is C22H24N4O4. The fraction of sp³-hybridized carbons (Fsp3) is 0.273. The average Bonchev–Trinajstić information content (AvgIpc) is 2.90. The number of hydrogen-bond acceptors (Lipinski definition) is 5.